The minimum Gasteiger partial charge on any atom is -0.462 e. The summed E-state index contributed by atoms with van der Waals surface area (Å²) in [5.41, 5.74) is 6.67. The Morgan fingerprint density at radius 3 is 2.90 bits per heavy atom. The minimum absolute atomic E-state index is 0.122. The fraction of sp³-hybridized carbons (Fsp3) is 0.562. The SMILES string of the molecule is C=CC(=O)N1CCN(c2nc(OC[C@@H]3CCCN3C)nc3c2CCN(c2cccc4c2C2CC2C4)C3)C[C@@H]1CC#N. The van der Waals surface area contributed by atoms with Crippen LogP contribution in [-0.4, -0.2) is 84.1 Å². The topological polar surface area (TPSA) is 88.8 Å². The highest BCUT2D eigenvalue weighted by molar-refractivity contribution is 5.87. The van der Waals surface area contributed by atoms with E-state index in [0.717, 1.165) is 55.8 Å². The maximum Gasteiger partial charge on any atom is 0.318 e. The van der Waals surface area contributed by atoms with Crippen LogP contribution in [0.25, 0.3) is 0 Å². The summed E-state index contributed by atoms with van der Waals surface area (Å²) in [4.78, 5) is 31.4. The molecule has 2 saturated heterocycles. The summed E-state index contributed by atoms with van der Waals surface area (Å²) in [6, 6.07) is 9.69. The molecule has 5 aliphatic rings. The number of nitriles is 1. The molecule has 1 amide bonds. The smallest absolute Gasteiger partial charge is 0.318 e. The van der Waals surface area contributed by atoms with Crippen LogP contribution in [0.2, 0.25) is 0 Å². The van der Waals surface area contributed by atoms with Crippen molar-refractivity contribution in [3.05, 3.63) is 53.2 Å². The standard InChI is InChI=1S/C32H39N7O2/c1-3-29(40)39-15-14-38(18-23(39)9-11-33)31-25-10-13-37(28-8-4-6-21-16-22-17-26(22)30(21)28)19-27(25)34-32(35-31)41-20-24-7-5-12-36(24)2/h3-4,6,8,22-24,26H,1,5,7,9-10,12-20H2,2H3/t22?,23-,24-,26?/m0/s1. The lowest BCUT2D eigenvalue weighted by atomic mass is 9.99. The zero-order chi connectivity index (χ0) is 28.1. The third-order valence-corrected chi connectivity index (χ3v) is 9.96. The Bertz CT molecular complexity index is 1400. The summed E-state index contributed by atoms with van der Waals surface area (Å²) in [5.74, 6) is 2.36. The van der Waals surface area contributed by atoms with E-state index in [2.05, 4.69) is 52.6 Å². The fourth-order valence-corrected chi connectivity index (χ4v) is 7.61. The Kier molecular flexibility index (Phi) is 6.82. The summed E-state index contributed by atoms with van der Waals surface area (Å²) in [6.07, 6.45) is 7.34. The Balaban J connectivity index is 1.20. The molecule has 2 unspecified atom stereocenters. The number of fused-ring (bicyclic) bond motifs is 4. The van der Waals surface area contributed by atoms with E-state index in [1.54, 1.807) is 10.5 Å². The van der Waals surface area contributed by atoms with Crippen LogP contribution in [0.15, 0.2) is 30.9 Å². The van der Waals surface area contributed by atoms with Gasteiger partial charge in [0, 0.05) is 43.5 Å². The van der Waals surface area contributed by atoms with Gasteiger partial charge in [-0.3, -0.25) is 4.79 Å². The molecule has 0 spiro atoms. The number of nitrogens with zero attached hydrogens (tertiary/aromatic N) is 7. The maximum atomic E-state index is 12.5. The lowest BCUT2D eigenvalue weighted by Gasteiger charge is -2.42. The molecule has 3 aliphatic heterocycles. The Morgan fingerprint density at radius 1 is 1.20 bits per heavy atom. The predicted molar refractivity (Wildman–Crippen MR) is 157 cm³/mol. The molecule has 2 aromatic rings. The van der Waals surface area contributed by atoms with Crippen molar-refractivity contribution in [1.29, 1.82) is 5.26 Å². The van der Waals surface area contributed by atoms with Crippen molar-refractivity contribution in [2.24, 2.45) is 5.92 Å². The number of likely N-dealkylation sites (tertiary alicyclic amines) is 1. The molecule has 0 N–H and O–H groups in total. The first-order chi connectivity index (χ1) is 20.0. The maximum absolute atomic E-state index is 12.5. The second-order valence-corrected chi connectivity index (χ2v) is 12.4. The Hall–Kier alpha value is -3.64. The molecule has 1 aromatic carbocycles. The monoisotopic (exact) mass is 553 g/mol. The van der Waals surface area contributed by atoms with Crippen LogP contribution in [-0.2, 0) is 24.2 Å². The van der Waals surface area contributed by atoms with Crippen LogP contribution in [0.4, 0.5) is 11.5 Å². The summed E-state index contributed by atoms with van der Waals surface area (Å²) >= 11 is 0. The van der Waals surface area contributed by atoms with E-state index < -0.39 is 0 Å². The summed E-state index contributed by atoms with van der Waals surface area (Å²) in [7, 11) is 2.15. The highest BCUT2D eigenvalue weighted by atomic mass is 16.5. The zero-order valence-electron chi connectivity index (χ0n) is 24.0. The van der Waals surface area contributed by atoms with Gasteiger partial charge < -0.3 is 24.3 Å². The van der Waals surface area contributed by atoms with Gasteiger partial charge in [-0.15, -0.1) is 0 Å². The molecule has 4 atom stereocenters. The second kappa shape index (κ2) is 10.6. The molecule has 0 radical (unpaired) electrons. The first-order valence-electron chi connectivity index (χ1n) is 15.2. The van der Waals surface area contributed by atoms with Gasteiger partial charge in [0.1, 0.15) is 12.4 Å². The van der Waals surface area contributed by atoms with Crippen LogP contribution in [0.5, 0.6) is 6.01 Å². The number of carbonyl (C=O) groups excluding carboxylic acids is 1. The highest BCUT2D eigenvalue weighted by Gasteiger charge is 2.47. The van der Waals surface area contributed by atoms with Crippen LogP contribution >= 0.6 is 0 Å². The van der Waals surface area contributed by atoms with Crippen molar-refractivity contribution in [3.63, 3.8) is 0 Å². The molecular formula is C32H39N7O2. The van der Waals surface area contributed by atoms with Gasteiger partial charge in [0.15, 0.2) is 0 Å². The van der Waals surface area contributed by atoms with Crippen LogP contribution in [0.1, 0.15) is 54.0 Å². The molecule has 0 bridgehead atoms. The van der Waals surface area contributed by atoms with Gasteiger partial charge in [-0.1, -0.05) is 18.7 Å². The molecular weight excluding hydrogens is 514 g/mol. The fourth-order valence-electron chi connectivity index (χ4n) is 7.61. The minimum atomic E-state index is -0.208. The Labute approximate surface area is 242 Å². The van der Waals surface area contributed by atoms with E-state index in [4.69, 9.17) is 14.7 Å². The molecule has 1 aromatic heterocycles. The van der Waals surface area contributed by atoms with Gasteiger partial charge in [0.25, 0.3) is 0 Å². The number of piperazine rings is 1. The van der Waals surface area contributed by atoms with Gasteiger partial charge in [-0.05, 0) is 80.8 Å². The molecule has 41 heavy (non-hydrogen) atoms. The number of hydrogen-bond acceptors (Lipinski definition) is 8. The lowest BCUT2D eigenvalue weighted by molar-refractivity contribution is -0.128. The van der Waals surface area contributed by atoms with Crippen molar-refractivity contribution in [3.8, 4) is 12.1 Å². The lowest BCUT2D eigenvalue weighted by Crippen LogP contribution is -2.55. The van der Waals surface area contributed by atoms with Gasteiger partial charge in [-0.25, -0.2) is 0 Å². The molecule has 4 heterocycles. The Morgan fingerprint density at radius 2 is 2.10 bits per heavy atom. The molecule has 9 heteroatoms. The van der Waals surface area contributed by atoms with Crippen molar-refractivity contribution in [2.75, 3.05) is 56.2 Å². The quantitative estimate of drug-likeness (QED) is 0.483. The first-order valence-corrected chi connectivity index (χ1v) is 15.2. The number of likely N-dealkylation sites (N-methyl/N-ethyl adjacent to an activating group) is 1. The van der Waals surface area contributed by atoms with Gasteiger partial charge in [0.05, 0.1) is 30.8 Å². The summed E-state index contributed by atoms with van der Waals surface area (Å²) < 4.78 is 6.31. The van der Waals surface area contributed by atoms with Crippen LogP contribution in [0.3, 0.4) is 0 Å². The molecule has 214 valence electrons. The normalized spacial score (nSPS) is 26.7. The number of ether oxygens (including phenoxy) is 1. The van der Waals surface area contributed by atoms with Crippen LogP contribution < -0.4 is 14.5 Å². The van der Waals surface area contributed by atoms with E-state index in [1.807, 2.05) is 0 Å². The van der Waals surface area contributed by atoms with Gasteiger partial charge >= 0.3 is 6.01 Å². The number of rotatable bonds is 7. The molecule has 2 aliphatic carbocycles. The number of aromatic nitrogens is 2. The average molecular weight is 554 g/mol. The number of amides is 1. The van der Waals surface area contributed by atoms with E-state index in [9.17, 15) is 10.1 Å². The predicted octanol–water partition coefficient (Wildman–Crippen LogP) is 3.29. The number of hydrogen-bond donors (Lipinski definition) is 0. The van der Waals surface area contributed by atoms with E-state index in [-0.39, 0.29) is 18.4 Å². The summed E-state index contributed by atoms with van der Waals surface area (Å²) in [5, 5.41) is 9.52. The molecule has 9 nitrogen and oxygen atoms in total. The summed E-state index contributed by atoms with van der Waals surface area (Å²) in [6.45, 7) is 8.72. The van der Waals surface area contributed by atoms with Crippen molar-refractivity contribution < 1.29 is 9.53 Å². The van der Waals surface area contributed by atoms with E-state index in [1.165, 1.54) is 42.2 Å². The number of carbonyl (C=O) groups is 1. The number of anilines is 2. The van der Waals surface area contributed by atoms with E-state index >= 15 is 0 Å². The molecule has 3 fully saturated rings. The van der Waals surface area contributed by atoms with Crippen molar-refractivity contribution in [2.45, 2.75) is 63.1 Å². The largest absolute Gasteiger partial charge is 0.462 e. The highest BCUT2D eigenvalue weighted by Crippen LogP contribution is 2.59. The molecule has 1 saturated carbocycles. The van der Waals surface area contributed by atoms with Crippen LogP contribution in [0, 0.1) is 17.2 Å². The van der Waals surface area contributed by atoms with Crippen molar-refractivity contribution >= 4 is 17.4 Å². The molecule has 7 rings (SSSR count). The third kappa shape index (κ3) is 4.82. The zero-order valence-corrected chi connectivity index (χ0v) is 24.0. The average Bonchev–Trinajstić information content (AvgIpc) is 3.47. The van der Waals surface area contributed by atoms with Gasteiger partial charge in [0.2, 0.25) is 5.91 Å². The number of benzene rings is 1. The van der Waals surface area contributed by atoms with E-state index in [0.29, 0.717) is 38.3 Å². The third-order valence-electron chi connectivity index (χ3n) is 9.96. The first kappa shape index (κ1) is 26.3. The second-order valence-electron chi connectivity index (χ2n) is 12.4. The van der Waals surface area contributed by atoms with Gasteiger partial charge in [-0.2, -0.15) is 15.2 Å². The van der Waals surface area contributed by atoms with Crippen molar-refractivity contribution in [1.82, 2.24) is 19.8 Å².